The number of aromatic nitrogens is 3. The van der Waals surface area contributed by atoms with Gasteiger partial charge in [-0.25, -0.2) is 15.0 Å². The second-order valence-corrected chi connectivity index (χ2v) is 5.53. The summed E-state index contributed by atoms with van der Waals surface area (Å²) in [6, 6.07) is 1.93. The summed E-state index contributed by atoms with van der Waals surface area (Å²) in [6.07, 6.45) is 4.35. The highest BCUT2D eigenvalue weighted by Gasteiger charge is 2.10. The minimum atomic E-state index is 0.118. The van der Waals surface area contributed by atoms with Gasteiger partial charge in [-0.2, -0.15) is 0 Å². The van der Waals surface area contributed by atoms with E-state index in [1.54, 1.807) is 11.3 Å². The Morgan fingerprint density at radius 3 is 2.89 bits per heavy atom. The normalized spacial score (nSPS) is 12.2. The fraction of sp³-hybridized carbons (Fsp3) is 0.462. The van der Waals surface area contributed by atoms with Gasteiger partial charge in [0.25, 0.3) is 0 Å². The van der Waals surface area contributed by atoms with Crippen LogP contribution in [0.5, 0.6) is 5.88 Å². The molecule has 0 amide bonds. The molecule has 0 aromatic carbocycles. The molecule has 0 radical (unpaired) electrons. The van der Waals surface area contributed by atoms with Gasteiger partial charge in [0.15, 0.2) is 0 Å². The maximum Gasteiger partial charge on any atom is 0.218 e. The Morgan fingerprint density at radius 2 is 2.21 bits per heavy atom. The van der Waals surface area contributed by atoms with Crippen molar-refractivity contribution in [2.75, 3.05) is 11.9 Å². The molecule has 0 aliphatic carbocycles. The monoisotopic (exact) mass is 278 g/mol. The molecule has 0 aliphatic heterocycles. The van der Waals surface area contributed by atoms with Crippen LogP contribution >= 0.6 is 11.3 Å². The highest BCUT2D eigenvalue weighted by molar-refractivity contribution is 7.11. The first-order valence-corrected chi connectivity index (χ1v) is 7.14. The molecule has 1 unspecified atom stereocenters. The Kier molecular flexibility index (Phi) is 4.68. The Balaban J connectivity index is 2.02. The molecule has 0 bridgehead atoms. The third kappa shape index (κ3) is 3.89. The highest BCUT2D eigenvalue weighted by Crippen LogP contribution is 2.23. The van der Waals surface area contributed by atoms with Crippen molar-refractivity contribution in [2.45, 2.75) is 33.2 Å². The summed E-state index contributed by atoms with van der Waals surface area (Å²) >= 11 is 1.68. The third-order valence-electron chi connectivity index (χ3n) is 2.47. The topological polar surface area (TPSA) is 59.9 Å². The minimum absolute atomic E-state index is 0.118. The van der Waals surface area contributed by atoms with Crippen molar-refractivity contribution in [2.24, 2.45) is 0 Å². The Bertz CT molecular complexity index is 529. The van der Waals surface area contributed by atoms with E-state index in [9.17, 15) is 0 Å². The molecule has 0 spiro atoms. The standard InChI is InChI=1S/C13H18N4OS/c1-4-5-18-12-6-11(15-8-16-12)17-10(3)13-14-7-9(2)19-13/h6-8,10H,4-5H2,1-3H3,(H,15,16,17). The summed E-state index contributed by atoms with van der Waals surface area (Å²) in [5, 5.41) is 4.35. The lowest BCUT2D eigenvalue weighted by molar-refractivity contribution is 0.305. The van der Waals surface area contributed by atoms with E-state index in [-0.39, 0.29) is 6.04 Å². The molecular weight excluding hydrogens is 260 g/mol. The number of aryl methyl sites for hydroxylation is 1. The van der Waals surface area contributed by atoms with E-state index in [1.165, 1.54) is 11.2 Å². The van der Waals surface area contributed by atoms with E-state index in [0.717, 1.165) is 17.2 Å². The van der Waals surface area contributed by atoms with Crippen LogP contribution in [0.4, 0.5) is 5.82 Å². The molecule has 0 saturated heterocycles. The van der Waals surface area contributed by atoms with E-state index in [2.05, 4.69) is 41.0 Å². The van der Waals surface area contributed by atoms with Crippen molar-refractivity contribution >= 4 is 17.2 Å². The van der Waals surface area contributed by atoms with Crippen molar-refractivity contribution in [1.82, 2.24) is 15.0 Å². The highest BCUT2D eigenvalue weighted by atomic mass is 32.1. The lowest BCUT2D eigenvalue weighted by atomic mass is 10.3. The summed E-state index contributed by atoms with van der Waals surface area (Å²) < 4.78 is 5.48. The Labute approximate surface area is 117 Å². The predicted octanol–water partition coefficient (Wildman–Crippen LogP) is 3.20. The van der Waals surface area contributed by atoms with E-state index in [4.69, 9.17) is 4.74 Å². The lowest BCUT2D eigenvalue weighted by Gasteiger charge is -2.12. The van der Waals surface area contributed by atoms with Crippen LogP contribution < -0.4 is 10.1 Å². The molecule has 2 heterocycles. The number of hydrogen-bond donors (Lipinski definition) is 1. The fourth-order valence-electron chi connectivity index (χ4n) is 1.56. The summed E-state index contributed by atoms with van der Waals surface area (Å²) in [4.78, 5) is 13.8. The SMILES string of the molecule is CCCOc1cc(NC(C)c2ncc(C)s2)ncn1. The molecule has 2 rings (SSSR count). The molecule has 19 heavy (non-hydrogen) atoms. The first-order chi connectivity index (χ1) is 9.19. The molecule has 2 aromatic heterocycles. The van der Waals surface area contributed by atoms with Gasteiger partial charge >= 0.3 is 0 Å². The van der Waals surface area contributed by atoms with Gasteiger partial charge < -0.3 is 10.1 Å². The number of rotatable bonds is 6. The van der Waals surface area contributed by atoms with Gasteiger partial charge in [-0.1, -0.05) is 6.92 Å². The molecule has 5 nitrogen and oxygen atoms in total. The molecule has 102 valence electrons. The van der Waals surface area contributed by atoms with E-state index < -0.39 is 0 Å². The van der Waals surface area contributed by atoms with Crippen LogP contribution in [0.3, 0.4) is 0 Å². The first-order valence-electron chi connectivity index (χ1n) is 6.32. The van der Waals surface area contributed by atoms with Crippen LogP contribution in [0.1, 0.15) is 36.2 Å². The lowest BCUT2D eigenvalue weighted by Crippen LogP contribution is -2.08. The number of hydrogen-bond acceptors (Lipinski definition) is 6. The molecule has 0 fully saturated rings. The minimum Gasteiger partial charge on any atom is -0.478 e. The summed E-state index contributed by atoms with van der Waals surface area (Å²) in [7, 11) is 0. The van der Waals surface area contributed by atoms with Crippen molar-refractivity contribution in [3.8, 4) is 5.88 Å². The molecule has 2 aromatic rings. The second-order valence-electron chi connectivity index (χ2n) is 4.27. The van der Waals surface area contributed by atoms with Crippen LogP contribution in [0, 0.1) is 6.92 Å². The molecule has 0 saturated carbocycles. The van der Waals surface area contributed by atoms with Gasteiger partial charge in [0.05, 0.1) is 12.6 Å². The summed E-state index contributed by atoms with van der Waals surface area (Å²) in [6.45, 7) is 6.84. The van der Waals surface area contributed by atoms with Gasteiger partial charge in [0.1, 0.15) is 17.2 Å². The van der Waals surface area contributed by atoms with Crippen LogP contribution in [0.15, 0.2) is 18.6 Å². The van der Waals surface area contributed by atoms with Gasteiger partial charge in [-0.3, -0.25) is 0 Å². The van der Waals surface area contributed by atoms with Crippen LogP contribution in [0.2, 0.25) is 0 Å². The van der Waals surface area contributed by atoms with Gasteiger partial charge in [-0.15, -0.1) is 11.3 Å². The van der Waals surface area contributed by atoms with Crippen LogP contribution in [0.25, 0.3) is 0 Å². The van der Waals surface area contributed by atoms with E-state index >= 15 is 0 Å². The molecular formula is C13H18N4OS. The number of thiazole rings is 1. The van der Waals surface area contributed by atoms with Crippen molar-refractivity contribution in [3.05, 3.63) is 28.5 Å². The molecule has 1 N–H and O–H groups in total. The van der Waals surface area contributed by atoms with Gasteiger partial charge in [0.2, 0.25) is 5.88 Å². The average Bonchev–Trinajstić information content (AvgIpc) is 2.83. The number of anilines is 1. The van der Waals surface area contributed by atoms with Crippen LogP contribution in [-0.2, 0) is 0 Å². The Morgan fingerprint density at radius 1 is 1.37 bits per heavy atom. The summed E-state index contributed by atoms with van der Waals surface area (Å²) in [5.74, 6) is 1.35. The molecule has 1 atom stereocenters. The zero-order valence-corrected chi connectivity index (χ0v) is 12.2. The fourth-order valence-corrected chi connectivity index (χ4v) is 2.34. The summed E-state index contributed by atoms with van der Waals surface area (Å²) in [5.41, 5.74) is 0. The smallest absolute Gasteiger partial charge is 0.218 e. The maximum absolute atomic E-state index is 5.48. The Hall–Kier alpha value is -1.69. The predicted molar refractivity (Wildman–Crippen MR) is 76.7 cm³/mol. The van der Waals surface area contributed by atoms with Gasteiger partial charge in [0, 0.05) is 17.1 Å². The van der Waals surface area contributed by atoms with Gasteiger partial charge in [-0.05, 0) is 20.3 Å². The first kappa shape index (κ1) is 13.7. The van der Waals surface area contributed by atoms with Crippen molar-refractivity contribution < 1.29 is 4.74 Å². The zero-order chi connectivity index (χ0) is 13.7. The number of nitrogens with one attached hydrogen (secondary N) is 1. The van der Waals surface area contributed by atoms with E-state index in [0.29, 0.717) is 12.5 Å². The largest absolute Gasteiger partial charge is 0.478 e. The maximum atomic E-state index is 5.48. The molecule has 6 heteroatoms. The average molecular weight is 278 g/mol. The second kappa shape index (κ2) is 6.47. The third-order valence-corrected chi connectivity index (χ3v) is 3.57. The zero-order valence-electron chi connectivity index (χ0n) is 11.4. The quantitative estimate of drug-likeness (QED) is 0.879. The van der Waals surface area contributed by atoms with E-state index in [1.807, 2.05) is 12.3 Å². The van der Waals surface area contributed by atoms with Crippen molar-refractivity contribution in [3.63, 3.8) is 0 Å². The van der Waals surface area contributed by atoms with Crippen molar-refractivity contribution in [1.29, 1.82) is 0 Å². The number of ether oxygens (including phenoxy) is 1. The van der Waals surface area contributed by atoms with Crippen LogP contribution in [-0.4, -0.2) is 21.6 Å². The molecule has 0 aliphatic rings. The number of nitrogens with zero attached hydrogens (tertiary/aromatic N) is 3.